The van der Waals surface area contributed by atoms with Gasteiger partial charge in [-0.1, -0.05) is 0 Å². The summed E-state index contributed by atoms with van der Waals surface area (Å²) in [5, 5.41) is 14.0. The first-order valence-corrected chi connectivity index (χ1v) is 6.17. The Balaban J connectivity index is 2.31. The van der Waals surface area contributed by atoms with E-state index in [2.05, 4.69) is 41.5 Å². The van der Waals surface area contributed by atoms with Crippen molar-refractivity contribution in [2.45, 2.75) is 12.9 Å². The fourth-order valence-corrected chi connectivity index (χ4v) is 1.95. The second kappa shape index (κ2) is 5.75. The second-order valence-electron chi connectivity index (χ2n) is 3.70. The average Bonchev–Trinajstić information content (AvgIpc) is 2.79. The van der Waals surface area contributed by atoms with Gasteiger partial charge in [0.2, 0.25) is 0 Å². The number of hydrogen-bond donors (Lipinski definition) is 1. The predicted octanol–water partition coefficient (Wildman–Crippen LogP) is 2.04. The summed E-state index contributed by atoms with van der Waals surface area (Å²) in [7, 11) is 1.73. The van der Waals surface area contributed by atoms with E-state index < -0.39 is 6.36 Å². The molecule has 0 atom stereocenters. The van der Waals surface area contributed by atoms with Crippen LogP contribution in [0.5, 0.6) is 5.75 Å². The predicted molar refractivity (Wildman–Crippen MR) is 66.3 cm³/mol. The van der Waals surface area contributed by atoms with Crippen molar-refractivity contribution >= 4 is 15.9 Å². The molecule has 0 radical (unpaired) electrons. The molecule has 0 saturated heterocycles. The number of hydrogen-bond acceptors (Lipinski definition) is 5. The Morgan fingerprint density at radius 1 is 1.40 bits per heavy atom. The van der Waals surface area contributed by atoms with Gasteiger partial charge in [-0.05, 0) is 51.6 Å². The normalized spacial score (nSPS) is 11.7. The number of halogens is 4. The minimum Gasteiger partial charge on any atom is -0.405 e. The fraction of sp³-hybridized carbons (Fsp3) is 0.300. The van der Waals surface area contributed by atoms with E-state index in [1.54, 1.807) is 7.05 Å². The quantitative estimate of drug-likeness (QED) is 0.913. The number of alkyl halides is 3. The molecular weight excluding hydrogens is 343 g/mol. The zero-order valence-electron chi connectivity index (χ0n) is 10.1. The molecule has 2 rings (SSSR count). The standard InChI is InChI=1S/C10H9BrF3N5O/c1-15-5-9-16-17-18-19(9)6-2-3-8(7(11)4-6)20-10(12,13)14/h2-4,15H,5H2,1H3. The van der Waals surface area contributed by atoms with Crippen LogP contribution < -0.4 is 10.1 Å². The lowest BCUT2D eigenvalue weighted by Gasteiger charge is -2.11. The summed E-state index contributed by atoms with van der Waals surface area (Å²) in [4.78, 5) is 0. The van der Waals surface area contributed by atoms with Crippen LogP contribution in [-0.2, 0) is 6.54 Å². The van der Waals surface area contributed by atoms with Gasteiger partial charge in [-0.2, -0.15) is 4.68 Å². The van der Waals surface area contributed by atoms with E-state index in [1.165, 1.54) is 22.9 Å². The van der Waals surface area contributed by atoms with Gasteiger partial charge < -0.3 is 10.1 Å². The minimum atomic E-state index is -4.74. The van der Waals surface area contributed by atoms with E-state index in [0.29, 0.717) is 18.1 Å². The topological polar surface area (TPSA) is 64.9 Å². The summed E-state index contributed by atoms with van der Waals surface area (Å²) in [5.74, 6) is 0.202. The van der Waals surface area contributed by atoms with Crippen molar-refractivity contribution in [3.8, 4) is 11.4 Å². The van der Waals surface area contributed by atoms with Crippen LogP contribution in [-0.4, -0.2) is 33.6 Å². The van der Waals surface area contributed by atoms with Crippen LogP contribution in [0, 0.1) is 0 Å². The molecule has 0 bridgehead atoms. The zero-order chi connectivity index (χ0) is 14.8. The van der Waals surface area contributed by atoms with E-state index in [0.717, 1.165) is 0 Å². The van der Waals surface area contributed by atoms with E-state index in [-0.39, 0.29) is 10.2 Å². The van der Waals surface area contributed by atoms with E-state index >= 15 is 0 Å². The Morgan fingerprint density at radius 3 is 2.75 bits per heavy atom. The maximum absolute atomic E-state index is 12.2. The largest absolute Gasteiger partial charge is 0.573 e. The van der Waals surface area contributed by atoms with Crippen LogP contribution in [0.15, 0.2) is 22.7 Å². The lowest BCUT2D eigenvalue weighted by atomic mass is 10.3. The van der Waals surface area contributed by atoms with Gasteiger partial charge in [0.15, 0.2) is 5.82 Å². The molecule has 6 nitrogen and oxygen atoms in total. The third kappa shape index (κ3) is 3.45. The molecular formula is C10H9BrF3N5O. The highest BCUT2D eigenvalue weighted by Gasteiger charge is 2.32. The van der Waals surface area contributed by atoms with Crippen LogP contribution in [0.2, 0.25) is 0 Å². The molecule has 0 aliphatic rings. The molecule has 0 unspecified atom stereocenters. The maximum atomic E-state index is 12.2. The second-order valence-corrected chi connectivity index (χ2v) is 4.55. The zero-order valence-corrected chi connectivity index (χ0v) is 11.7. The number of benzene rings is 1. The first kappa shape index (κ1) is 14.7. The Hall–Kier alpha value is -1.68. The van der Waals surface area contributed by atoms with Gasteiger partial charge in [0.25, 0.3) is 0 Å². The van der Waals surface area contributed by atoms with Gasteiger partial charge in [-0.25, -0.2) is 0 Å². The first-order chi connectivity index (χ1) is 9.40. The molecule has 0 aliphatic heterocycles. The Morgan fingerprint density at radius 2 is 2.15 bits per heavy atom. The van der Waals surface area contributed by atoms with Crippen LogP contribution in [0.3, 0.4) is 0 Å². The Bertz CT molecular complexity index is 601. The van der Waals surface area contributed by atoms with Gasteiger partial charge in [0.1, 0.15) is 5.75 Å². The number of ether oxygens (including phenoxy) is 1. The van der Waals surface area contributed by atoms with Crippen LogP contribution in [0.1, 0.15) is 5.82 Å². The molecule has 2 aromatic rings. The summed E-state index contributed by atoms with van der Waals surface area (Å²) >= 11 is 3.03. The van der Waals surface area contributed by atoms with Gasteiger partial charge >= 0.3 is 6.36 Å². The van der Waals surface area contributed by atoms with Crippen molar-refractivity contribution in [3.63, 3.8) is 0 Å². The van der Waals surface area contributed by atoms with Crippen molar-refractivity contribution in [1.29, 1.82) is 0 Å². The summed E-state index contributed by atoms with van der Waals surface area (Å²) in [6.07, 6.45) is -4.74. The molecule has 1 heterocycles. The van der Waals surface area contributed by atoms with E-state index in [4.69, 9.17) is 0 Å². The van der Waals surface area contributed by atoms with Crippen LogP contribution in [0.4, 0.5) is 13.2 Å². The monoisotopic (exact) mass is 351 g/mol. The molecule has 20 heavy (non-hydrogen) atoms. The highest BCUT2D eigenvalue weighted by Crippen LogP contribution is 2.31. The van der Waals surface area contributed by atoms with Gasteiger partial charge in [-0.3, -0.25) is 0 Å². The third-order valence-corrected chi connectivity index (χ3v) is 2.87. The molecule has 1 N–H and O–H groups in total. The molecule has 10 heteroatoms. The molecule has 0 spiro atoms. The Labute approximate surface area is 120 Å². The van der Waals surface area contributed by atoms with E-state index in [9.17, 15) is 13.2 Å². The van der Waals surface area contributed by atoms with Gasteiger partial charge in [-0.15, -0.1) is 18.3 Å². The number of nitrogens with zero attached hydrogens (tertiary/aromatic N) is 4. The molecule has 1 aromatic heterocycles. The third-order valence-electron chi connectivity index (χ3n) is 2.25. The molecule has 1 aromatic carbocycles. The van der Waals surface area contributed by atoms with Crippen molar-refractivity contribution in [1.82, 2.24) is 25.5 Å². The highest BCUT2D eigenvalue weighted by atomic mass is 79.9. The average molecular weight is 352 g/mol. The Kier molecular flexibility index (Phi) is 4.23. The molecule has 0 aliphatic carbocycles. The summed E-state index contributed by atoms with van der Waals surface area (Å²) in [5.41, 5.74) is 0.515. The lowest BCUT2D eigenvalue weighted by Crippen LogP contribution is -2.17. The van der Waals surface area contributed by atoms with Crippen molar-refractivity contribution in [2.75, 3.05) is 7.05 Å². The fourth-order valence-electron chi connectivity index (χ4n) is 1.50. The summed E-state index contributed by atoms with van der Waals surface area (Å²) in [6, 6.07) is 4.07. The lowest BCUT2D eigenvalue weighted by molar-refractivity contribution is -0.274. The highest BCUT2D eigenvalue weighted by molar-refractivity contribution is 9.10. The number of nitrogens with one attached hydrogen (secondary N) is 1. The number of rotatable bonds is 4. The minimum absolute atomic E-state index is 0.151. The smallest absolute Gasteiger partial charge is 0.405 e. The first-order valence-electron chi connectivity index (χ1n) is 5.38. The van der Waals surface area contributed by atoms with Crippen LogP contribution >= 0.6 is 15.9 Å². The molecule has 0 amide bonds. The molecule has 108 valence electrons. The van der Waals surface area contributed by atoms with Crippen molar-refractivity contribution in [3.05, 3.63) is 28.5 Å². The summed E-state index contributed by atoms with van der Waals surface area (Å²) in [6.45, 7) is 0.422. The van der Waals surface area contributed by atoms with Crippen molar-refractivity contribution in [2.24, 2.45) is 0 Å². The molecule has 0 saturated carbocycles. The van der Waals surface area contributed by atoms with Crippen molar-refractivity contribution < 1.29 is 17.9 Å². The SMILES string of the molecule is CNCc1nnnn1-c1ccc(OC(F)(F)F)c(Br)c1. The van der Waals surface area contributed by atoms with E-state index in [1.807, 2.05) is 0 Å². The number of tetrazole rings is 1. The van der Waals surface area contributed by atoms with Crippen LogP contribution in [0.25, 0.3) is 5.69 Å². The maximum Gasteiger partial charge on any atom is 0.573 e. The van der Waals surface area contributed by atoms with Gasteiger partial charge in [0.05, 0.1) is 16.7 Å². The summed E-state index contributed by atoms with van der Waals surface area (Å²) < 4.78 is 41.9. The molecule has 0 fully saturated rings. The van der Waals surface area contributed by atoms with Gasteiger partial charge in [0, 0.05) is 0 Å². The number of aromatic nitrogens is 4.